The maximum Gasteiger partial charge on any atom is 0.321 e. The molecule has 0 saturated carbocycles. The Balaban J connectivity index is 1.31. The van der Waals surface area contributed by atoms with Crippen LogP contribution in [0.3, 0.4) is 0 Å². The first-order valence-electron chi connectivity index (χ1n) is 14.9. The number of H-pyrrole nitrogens is 2. The predicted molar refractivity (Wildman–Crippen MR) is 169 cm³/mol. The number of nitrogens with one attached hydrogen (secondary N) is 2. The smallest absolute Gasteiger partial charge is 0.321 e. The van der Waals surface area contributed by atoms with Crippen molar-refractivity contribution >= 4 is 28.1 Å². The summed E-state index contributed by atoms with van der Waals surface area (Å²) in [7, 11) is 0. The molecule has 4 N–H and O–H groups in total. The lowest BCUT2D eigenvalue weighted by atomic mass is 9.91. The van der Waals surface area contributed by atoms with Gasteiger partial charge in [0.1, 0.15) is 12.2 Å². The molecule has 9 nitrogen and oxygen atoms in total. The van der Waals surface area contributed by atoms with Gasteiger partial charge in [-0.3, -0.25) is 0 Å². The van der Waals surface area contributed by atoms with Crippen molar-refractivity contribution in [3.63, 3.8) is 0 Å². The minimum absolute atomic E-state index is 0.239. The lowest BCUT2D eigenvalue weighted by Gasteiger charge is -2.36. The number of aromatic nitrogens is 4. The summed E-state index contributed by atoms with van der Waals surface area (Å²) in [6.07, 6.45) is 1.70. The Kier molecular flexibility index (Phi) is 7.55. The highest BCUT2D eigenvalue weighted by Crippen LogP contribution is 2.30. The Hall–Kier alpha value is -4.99. The molecule has 222 valence electrons. The Morgan fingerprint density at radius 2 is 1.02 bits per heavy atom. The van der Waals surface area contributed by atoms with Crippen LogP contribution < -0.4 is 0 Å². The third-order valence-electron chi connectivity index (χ3n) is 8.68. The highest BCUT2D eigenvalue weighted by molar-refractivity contribution is 5.78. The van der Waals surface area contributed by atoms with Crippen LogP contribution >= 0.6 is 0 Å². The number of carbonyl (C=O) groups is 1. The van der Waals surface area contributed by atoms with Gasteiger partial charge >= 0.3 is 6.03 Å². The summed E-state index contributed by atoms with van der Waals surface area (Å²) in [6.45, 7) is 0.506. The Labute approximate surface area is 254 Å². The molecule has 1 aliphatic rings. The summed E-state index contributed by atoms with van der Waals surface area (Å²) in [5, 5.41) is 23.9. The van der Waals surface area contributed by atoms with Crippen molar-refractivity contribution in [2.75, 3.05) is 0 Å². The van der Waals surface area contributed by atoms with Gasteiger partial charge in [0.15, 0.2) is 0 Å². The molecule has 0 spiro atoms. The van der Waals surface area contributed by atoms with Crippen LogP contribution in [0.4, 0.5) is 4.79 Å². The van der Waals surface area contributed by atoms with E-state index in [4.69, 9.17) is 0 Å². The van der Waals surface area contributed by atoms with E-state index in [1.165, 1.54) is 0 Å². The van der Waals surface area contributed by atoms with Crippen molar-refractivity contribution in [1.82, 2.24) is 29.7 Å². The first-order valence-corrected chi connectivity index (χ1v) is 14.9. The SMILES string of the molecule is O=C1N(Cc2ccc3nc[nH]c3c2)[C@H](Cc2ccccc2)[C@H](O)[C@@H](O)[C@@H](Cc2ccccc2)N1Cc1ccc2nc[nH]c2c1. The van der Waals surface area contributed by atoms with Crippen LogP contribution in [0, 0.1) is 0 Å². The highest BCUT2D eigenvalue weighted by atomic mass is 16.3. The predicted octanol–water partition coefficient (Wildman–Crippen LogP) is 4.82. The van der Waals surface area contributed by atoms with Crippen LogP contribution in [0.5, 0.6) is 0 Å². The van der Waals surface area contributed by atoms with Crippen molar-refractivity contribution in [2.24, 2.45) is 0 Å². The molecular weight excluding hydrogens is 552 g/mol. The third-order valence-corrected chi connectivity index (χ3v) is 8.68. The van der Waals surface area contributed by atoms with E-state index in [9.17, 15) is 15.0 Å². The van der Waals surface area contributed by atoms with Crippen molar-refractivity contribution in [2.45, 2.75) is 50.2 Å². The zero-order valence-electron chi connectivity index (χ0n) is 24.1. The van der Waals surface area contributed by atoms with Crippen LogP contribution in [0.1, 0.15) is 22.3 Å². The zero-order chi connectivity index (χ0) is 30.0. The van der Waals surface area contributed by atoms with Gasteiger partial charge in [-0.2, -0.15) is 0 Å². The second-order valence-corrected chi connectivity index (χ2v) is 11.5. The minimum atomic E-state index is -1.19. The number of aromatic amines is 2. The average Bonchev–Trinajstić information content (AvgIpc) is 3.72. The monoisotopic (exact) mass is 586 g/mol. The summed E-state index contributed by atoms with van der Waals surface area (Å²) in [4.78, 5) is 33.3. The molecule has 44 heavy (non-hydrogen) atoms. The number of hydrogen-bond acceptors (Lipinski definition) is 5. The number of amides is 2. The number of carbonyl (C=O) groups excluding carboxylic acids is 1. The fraction of sp³-hybridized carbons (Fsp3) is 0.229. The summed E-state index contributed by atoms with van der Waals surface area (Å²) >= 11 is 0. The summed E-state index contributed by atoms with van der Waals surface area (Å²) in [6, 6.07) is 29.8. The summed E-state index contributed by atoms with van der Waals surface area (Å²) in [5.41, 5.74) is 7.17. The van der Waals surface area contributed by atoms with Gasteiger partial charge in [0.25, 0.3) is 0 Å². The van der Waals surface area contributed by atoms with E-state index in [1.807, 2.05) is 97.1 Å². The van der Waals surface area contributed by atoms with Crippen LogP contribution in [-0.2, 0) is 25.9 Å². The molecule has 4 atom stereocenters. The lowest BCUT2D eigenvalue weighted by Crippen LogP contribution is -2.50. The number of urea groups is 1. The quantitative estimate of drug-likeness (QED) is 0.204. The number of benzene rings is 4. The molecule has 0 aliphatic carbocycles. The Bertz CT molecular complexity index is 1740. The topological polar surface area (TPSA) is 121 Å². The number of aliphatic hydroxyl groups is 2. The molecule has 7 rings (SSSR count). The van der Waals surface area contributed by atoms with Crippen molar-refractivity contribution in [3.05, 3.63) is 132 Å². The molecular formula is C35H34N6O3. The van der Waals surface area contributed by atoms with Gasteiger partial charge < -0.3 is 30.0 Å². The first-order chi connectivity index (χ1) is 21.5. The largest absolute Gasteiger partial charge is 0.388 e. The zero-order valence-corrected chi connectivity index (χ0v) is 24.1. The Morgan fingerprint density at radius 3 is 1.45 bits per heavy atom. The number of rotatable bonds is 8. The molecule has 1 fully saturated rings. The van der Waals surface area contributed by atoms with Crippen LogP contribution in [0.15, 0.2) is 110 Å². The van der Waals surface area contributed by atoms with E-state index in [0.29, 0.717) is 12.8 Å². The fourth-order valence-corrected chi connectivity index (χ4v) is 6.37. The lowest BCUT2D eigenvalue weighted by molar-refractivity contribution is -0.0408. The number of imidazole rings is 2. The molecule has 1 saturated heterocycles. The van der Waals surface area contributed by atoms with Crippen LogP contribution in [-0.4, -0.2) is 70.3 Å². The molecule has 0 unspecified atom stereocenters. The first kappa shape index (κ1) is 27.8. The molecule has 4 aromatic carbocycles. The average molecular weight is 587 g/mol. The molecule has 1 aliphatic heterocycles. The van der Waals surface area contributed by atoms with Crippen LogP contribution in [0.25, 0.3) is 22.1 Å². The van der Waals surface area contributed by atoms with Gasteiger partial charge in [-0.25, -0.2) is 14.8 Å². The Morgan fingerprint density at radius 1 is 0.591 bits per heavy atom. The molecule has 2 aromatic heterocycles. The summed E-state index contributed by atoms with van der Waals surface area (Å²) < 4.78 is 0. The third kappa shape index (κ3) is 5.55. The van der Waals surface area contributed by atoms with E-state index >= 15 is 0 Å². The van der Waals surface area contributed by atoms with E-state index in [-0.39, 0.29) is 19.1 Å². The van der Waals surface area contributed by atoms with Gasteiger partial charge in [0.05, 0.1) is 46.8 Å². The molecule has 0 bridgehead atoms. The molecule has 3 heterocycles. The van der Waals surface area contributed by atoms with Gasteiger partial charge in [0, 0.05) is 13.1 Å². The standard InChI is InChI=1S/C35H34N6O3/c42-33-31(17-23-7-3-1-4-8-23)40(19-25-11-13-27-29(15-25)38-21-36-27)35(44)41(20-26-12-14-28-30(16-26)39-22-37-28)32(34(33)43)18-24-9-5-2-6-10-24/h1-16,21-22,31-34,42-43H,17-20H2,(H,36,38)(H,37,39)/t31-,32-,33+,34+/m1/s1. The maximum absolute atomic E-state index is 14.9. The van der Waals surface area contributed by atoms with Gasteiger partial charge in [0.2, 0.25) is 0 Å². The van der Waals surface area contributed by atoms with Gasteiger partial charge in [-0.1, -0.05) is 72.8 Å². The number of fused-ring (bicyclic) bond motifs is 2. The normalized spacial score (nSPS) is 20.8. The number of aliphatic hydroxyl groups excluding tert-OH is 2. The van der Waals surface area contributed by atoms with E-state index < -0.39 is 24.3 Å². The van der Waals surface area contributed by atoms with Gasteiger partial charge in [-0.05, 0) is 59.4 Å². The number of nitrogens with zero attached hydrogens (tertiary/aromatic N) is 4. The molecule has 0 radical (unpaired) electrons. The van der Waals surface area contributed by atoms with E-state index in [1.54, 1.807) is 22.5 Å². The van der Waals surface area contributed by atoms with Crippen molar-refractivity contribution < 1.29 is 15.0 Å². The molecule has 9 heteroatoms. The van der Waals surface area contributed by atoms with Crippen LogP contribution in [0.2, 0.25) is 0 Å². The highest BCUT2D eigenvalue weighted by Gasteiger charge is 2.46. The second kappa shape index (κ2) is 11.9. The molecule has 2 amide bonds. The molecule has 6 aromatic rings. The fourth-order valence-electron chi connectivity index (χ4n) is 6.37. The van der Waals surface area contributed by atoms with E-state index in [2.05, 4.69) is 19.9 Å². The maximum atomic E-state index is 14.9. The van der Waals surface area contributed by atoms with Crippen molar-refractivity contribution in [3.8, 4) is 0 Å². The van der Waals surface area contributed by atoms with E-state index in [0.717, 1.165) is 44.3 Å². The minimum Gasteiger partial charge on any atom is -0.388 e. The number of hydrogen-bond donors (Lipinski definition) is 4. The second-order valence-electron chi connectivity index (χ2n) is 11.5. The van der Waals surface area contributed by atoms with Crippen molar-refractivity contribution in [1.29, 1.82) is 0 Å². The summed E-state index contributed by atoms with van der Waals surface area (Å²) in [5.74, 6) is 0. The van der Waals surface area contributed by atoms with Gasteiger partial charge in [-0.15, -0.1) is 0 Å².